The fourth-order valence-corrected chi connectivity index (χ4v) is 9.96. The first-order valence-electron chi connectivity index (χ1n) is 20.3. The summed E-state index contributed by atoms with van der Waals surface area (Å²) in [6, 6.07) is 53.6. The zero-order valence-electron chi connectivity index (χ0n) is 32.5. The van der Waals surface area contributed by atoms with Crippen LogP contribution in [-0.2, 0) is 5.41 Å². The average molecular weight is 761 g/mol. The van der Waals surface area contributed by atoms with Crippen LogP contribution in [0.1, 0.15) is 42.8 Å². The van der Waals surface area contributed by atoms with E-state index in [9.17, 15) is 0 Å². The number of imidazole rings is 2. The molecule has 0 saturated heterocycles. The average Bonchev–Trinajstić information content (AvgIpc) is 4.08. The Morgan fingerprint density at radius 3 is 1.92 bits per heavy atom. The van der Waals surface area contributed by atoms with Crippen molar-refractivity contribution < 1.29 is 9.15 Å². The molecule has 1 aliphatic heterocycles. The van der Waals surface area contributed by atoms with Crippen LogP contribution in [0.5, 0.6) is 5.75 Å². The summed E-state index contributed by atoms with van der Waals surface area (Å²) in [5.74, 6) is 2.79. The van der Waals surface area contributed by atoms with Gasteiger partial charge in [0, 0.05) is 56.3 Å². The van der Waals surface area contributed by atoms with Gasteiger partial charge in [0.05, 0.1) is 22.1 Å². The van der Waals surface area contributed by atoms with E-state index in [0.29, 0.717) is 0 Å². The molecule has 6 heteroatoms. The fraction of sp³-hybridized carbons (Fsp3) is 0.0943. The maximum Gasteiger partial charge on any atom is 0.145 e. The number of para-hydroxylation sites is 4. The summed E-state index contributed by atoms with van der Waals surface area (Å²) >= 11 is 0. The summed E-state index contributed by atoms with van der Waals surface area (Å²) in [6.45, 7) is 4.71. The Hall–Kier alpha value is -7.44. The Bertz CT molecular complexity index is 3470. The number of aromatic nitrogens is 4. The third-order valence-electron chi connectivity index (χ3n) is 12.8. The van der Waals surface area contributed by atoms with Gasteiger partial charge in [-0.3, -0.25) is 9.13 Å². The summed E-state index contributed by atoms with van der Waals surface area (Å²) in [7, 11) is 0. The molecule has 2 aliphatic carbocycles. The maximum atomic E-state index is 6.35. The third-order valence-corrected chi connectivity index (χ3v) is 12.8. The maximum absolute atomic E-state index is 6.35. The Kier molecular flexibility index (Phi) is 6.53. The number of hydrogen-bond acceptors (Lipinski definition) is 4. The second-order valence-corrected chi connectivity index (χ2v) is 16.5. The summed E-state index contributed by atoms with van der Waals surface area (Å²) in [4.78, 5) is 10.9. The van der Waals surface area contributed by atoms with Gasteiger partial charge >= 0.3 is 0 Å². The van der Waals surface area contributed by atoms with E-state index in [1.165, 1.54) is 33.4 Å². The van der Waals surface area contributed by atoms with E-state index in [1.807, 2.05) is 18.2 Å². The Morgan fingerprint density at radius 2 is 1.19 bits per heavy atom. The van der Waals surface area contributed by atoms with Crippen LogP contribution in [0.4, 0.5) is 0 Å². The van der Waals surface area contributed by atoms with E-state index in [0.717, 1.165) is 90.3 Å². The molecule has 7 aromatic carbocycles. The normalized spacial score (nSPS) is 16.2. The van der Waals surface area contributed by atoms with Gasteiger partial charge in [-0.05, 0) is 107 Å². The molecule has 0 saturated carbocycles. The zero-order chi connectivity index (χ0) is 39.0. The molecule has 1 atom stereocenters. The van der Waals surface area contributed by atoms with Crippen LogP contribution in [0.2, 0.25) is 0 Å². The van der Waals surface area contributed by atoms with Crippen molar-refractivity contribution in [2.45, 2.75) is 31.8 Å². The van der Waals surface area contributed by atoms with Crippen molar-refractivity contribution in [3.63, 3.8) is 0 Å². The third kappa shape index (κ3) is 4.62. The Labute approximate surface area is 340 Å². The molecule has 0 fully saturated rings. The number of benzene rings is 7. The highest BCUT2D eigenvalue weighted by atomic mass is 16.5. The second kappa shape index (κ2) is 11.8. The molecule has 3 aromatic heterocycles. The monoisotopic (exact) mass is 760 g/mol. The van der Waals surface area contributed by atoms with Gasteiger partial charge in [0.15, 0.2) is 0 Å². The highest BCUT2D eigenvalue weighted by Crippen LogP contribution is 2.52. The molecule has 280 valence electrons. The lowest BCUT2D eigenvalue weighted by atomic mass is 9.82. The molecular formula is C53H36N4O2. The largest absolute Gasteiger partial charge is 0.485 e. The molecule has 1 unspecified atom stereocenters. The molecule has 10 aromatic rings. The van der Waals surface area contributed by atoms with Crippen molar-refractivity contribution in [3.05, 3.63) is 186 Å². The molecule has 0 radical (unpaired) electrons. The van der Waals surface area contributed by atoms with Gasteiger partial charge in [0.25, 0.3) is 0 Å². The smallest absolute Gasteiger partial charge is 0.145 e. The number of allylic oxidation sites excluding steroid dienone is 2. The first-order valence-corrected chi connectivity index (χ1v) is 20.3. The highest BCUT2D eigenvalue weighted by molar-refractivity contribution is 6.06. The van der Waals surface area contributed by atoms with Crippen LogP contribution in [0, 0.1) is 0 Å². The SMILES string of the molecule is CC1(C)c2cc3c(cc2-c2cc4nc(-c5ccc6oc7ccccc7c6c5)n(-c5ccccc5)c4cc21)nc(C1=CCC2Oc4ccccc4C2=C1)n3-c1ccccc1. The predicted octanol–water partition coefficient (Wildman–Crippen LogP) is 12.9. The number of nitrogens with zero attached hydrogens (tertiary/aromatic N) is 4. The number of ether oxygens (including phenoxy) is 1. The van der Waals surface area contributed by atoms with Crippen LogP contribution in [0.25, 0.3) is 89.0 Å². The minimum absolute atomic E-state index is 0.0305. The minimum Gasteiger partial charge on any atom is -0.485 e. The molecular weight excluding hydrogens is 725 g/mol. The minimum atomic E-state index is -0.288. The quantitative estimate of drug-likeness (QED) is 0.179. The molecule has 0 spiro atoms. The van der Waals surface area contributed by atoms with Crippen molar-refractivity contribution in [1.29, 1.82) is 0 Å². The lowest BCUT2D eigenvalue weighted by Crippen LogP contribution is -2.15. The van der Waals surface area contributed by atoms with E-state index < -0.39 is 0 Å². The number of hydrogen-bond donors (Lipinski definition) is 0. The van der Waals surface area contributed by atoms with Crippen molar-refractivity contribution in [2.24, 2.45) is 0 Å². The van der Waals surface area contributed by atoms with E-state index in [-0.39, 0.29) is 11.5 Å². The van der Waals surface area contributed by atoms with Crippen molar-refractivity contribution >= 4 is 55.2 Å². The fourth-order valence-electron chi connectivity index (χ4n) is 9.96. The lowest BCUT2D eigenvalue weighted by Gasteiger charge is -2.22. The highest BCUT2D eigenvalue weighted by Gasteiger charge is 2.38. The number of furan rings is 1. The number of fused-ring (bicyclic) bond motifs is 11. The summed E-state index contributed by atoms with van der Waals surface area (Å²) in [5.41, 5.74) is 17.2. The predicted molar refractivity (Wildman–Crippen MR) is 237 cm³/mol. The van der Waals surface area contributed by atoms with Crippen LogP contribution in [0.15, 0.2) is 168 Å². The van der Waals surface area contributed by atoms with Crippen molar-refractivity contribution in [1.82, 2.24) is 19.1 Å². The standard InChI is InChI=1S/C53H36N4O2/c1-53(2)41-29-45-43(54-51(56(45)33-13-5-3-6-14-33)31-21-23-49-39(25-31)35-17-9-11-19-47(35)58-49)27-37(41)38-28-44-46(30-42(38)53)57(34-15-7-4-8-16-34)52(55-44)32-22-24-50-40(26-32)36-18-10-12-20-48(36)59-50/h3-23,25-30,50H,24H2,1-2H3. The van der Waals surface area contributed by atoms with Crippen LogP contribution in [-0.4, -0.2) is 25.2 Å². The van der Waals surface area contributed by atoms with Gasteiger partial charge in [-0.2, -0.15) is 0 Å². The first kappa shape index (κ1) is 32.6. The van der Waals surface area contributed by atoms with Gasteiger partial charge in [0.1, 0.15) is 34.7 Å². The summed E-state index contributed by atoms with van der Waals surface area (Å²) < 4.78 is 17.2. The van der Waals surface area contributed by atoms with Gasteiger partial charge in [-0.25, -0.2) is 9.97 Å². The van der Waals surface area contributed by atoms with E-state index in [2.05, 4.69) is 169 Å². The second-order valence-electron chi connectivity index (χ2n) is 16.5. The van der Waals surface area contributed by atoms with Gasteiger partial charge in [0.2, 0.25) is 0 Å². The molecule has 3 aliphatic rings. The van der Waals surface area contributed by atoms with Crippen molar-refractivity contribution in [3.8, 4) is 39.6 Å². The molecule has 0 bridgehead atoms. The molecule has 0 N–H and O–H groups in total. The Balaban J connectivity index is 1.01. The topological polar surface area (TPSA) is 58.0 Å². The van der Waals surface area contributed by atoms with Crippen LogP contribution in [0.3, 0.4) is 0 Å². The van der Waals surface area contributed by atoms with Gasteiger partial charge in [-0.1, -0.05) is 92.7 Å². The molecule has 59 heavy (non-hydrogen) atoms. The van der Waals surface area contributed by atoms with Crippen molar-refractivity contribution in [2.75, 3.05) is 0 Å². The van der Waals surface area contributed by atoms with Gasteiger partial charge < -0.3 is 9.15 Å². The molecule has 4 heterocycles. The van der Waals surface area contributed by atoms with Gasteiger partial charge in [-0.15, -0.1) is 0 Å². The molecule has 13 rings (SSSR count). The lowest BCUT2D eigenvalue weighted by molar-refractivity contribution is 0.279. The molecule has 0 amide bonds. The summed E-state index contributed by atoms with van der Waals surface area (Å²) in [6.07, 6.45) is 5.41. The first-order chi connectivity index (χ1) is 29.0. The van der Waals surface area contributed by atoms with E-state index in [4.69, 9.17) is 19.1 Å². The van der Waals surface area contributed by atoms with Crippen LogP contribution < -0.4 is 4.74 Å². The van der Waals surface area contributed by atoms with E-state index in [1.54, 1.807) is 0 Å². The van der Waals surface area contributed by atoms with E-state index >= 15 is 0 Å². The Morgan fingerprint density at radius 1 is 0.576 bits per heavy atom. The van der Waals surface area contributed by atoms with Crippen LogP contribution >= 0.6 is 0 Å². The number of rotatable bonds is 4. The summed E-state index contributed by atoms with van der Waals surface area (Å²) in [5, 5.41) is 2.19. The zero-order valence-corrected chi connectivity index (χ0v) is 32.5. The molecule has 6 nitrogen and oxygen atoms in total.